The van der Waals surface area contributed by atoms with Crippen LogP contribution in [0.5, 0.6) is 0 Å². The number of hydrogen-bond donors (Lipinski definition) is 1. The van der Waals surface area contributed by atoms with Gasteiger partial charge in [-0.1, -0.05) is 66.5 Å². The number of carbonyl (C=O) groups excluding carboxylic acids is 2. The van der Waals surface area contributed by atoms with Gasteiger partial charge < -0.3 is 10.2 Å². The summed E-state index contributed by atoms with van der Waals surface area (Å²) in [5.74, 6) is -0.842. The normalized spacial score (nSPS) is 12.0. The zero-order valence-corrected chi connectivity index (χ0v) is 23.9. The maximum atomic E-state index is 14.0. The van der Waals surface area contributed by atoms with E-state index in [0.717, 1.165) is 9.87 Å². The Morgan fingerprint density at radius 3 is 2.18 bits per heavy atom. The highest BCUT2D eigenvalue weighted by Gasteiger charge is 2.34. The fourth-order valence-corrected chi connectivity index (χ4v) is 5.89. The molecule has 0 heterocycles. The Balaban J connectivity index is 2.09. The molecule has 7 nitrogen and oxygen atoms in total. The van der Waals surface area contributed by atoms with E-state index in [1.54, 1.807) is 74.5 Å². The number of benzene rings is 3. The van der Waals surface area contributed by atoms with Crippen LogP contribution in [0.2, 0.25) is 10.0 Å². The van der Waals surface area contributed by atoms with E-state index in [4.69, 9.17) is 23.2 Å². The second kappa shape index (κ2) is 13.1. The number of hydrogen-bond acceptors (Lipinski definition) is 4. The molecule has 0 aliphatic carbocycles. The van der Waals surface area contributed by atoms with Gasteiger partial charge in [0.25, 0.3) is 10.0 Å². The average molecular weight is 577 g/mol. The minimum absolute atomic E-state index is 0.0344. The predicted molar refractivity (Wildman–Crippen MR) is 152 cm³/mol. The zero-order valence-electron chi connectivity index (χ0n) is 21.5. The Morgan fingerprint density at radius 2 is 1.58 bits per heavy atom. The van der Waals surface area contributed by atoms with Crippen molar-refractivity contribution in [2.45, 2.75) is 44.7 Å². The molecule has 3 aromatic carbocycles. The quantitative estimate of drug-likeness (QED) is 0.330. The maximum absolute atomic E-state index is 14.0. The highest BCUT2D eigenvalue weighted by molar-refractivity contribution is 7.92. The van der Waals surface area contributed by atoms with Crippen molar-refractivity contribution >= 4 is 50.7 Å². The van der Waals surface area contributed by atoms with Gasteiger partial charge in [-0.2, -0.15) is 0 Å². The first-order valence-electron chi connectivity index (χ1n) is 12.2. The SMILES string of the molecule is CCNC(=O)C(CC)N(Cc1ccc(Cl)cc1)C(=O)CN(c1cccc(Cl)c1C)S(=O)(=O)c1ccccc1. The predicted octanol–water partition coefficient (Wildman–Crippen LogP) is 5.44. The van der Waals surface area contributed by atoms with Gasteiger partial charge in [0.2, 0.25) is 11.8 Å². The van der Waals surface area contributed by atoms with Crippen molar-refractivity contribution in [1.29, 1.82) is 0 Å². The lowest BCUT2D eigenvalue weighted by molar-refractivity contribution is -0.140. The van der Waals surface area contributed by atoms with E-state index in [-0.39, 0.29) is 23.0 Å². The van der Waals surface area contributed by atoms with E-state index >= 15 is 0 Å². The summed E-state index contributed by atoms with van der Waals surface area (Å²) >= 11 is 12.4. The van der Waals surface area contributed by atoms with Crippen molar-refractivity contribution in [1.82, 2.24) is 10.2 Å². The van der Waals surface area contributed by atoms with Gasteiger partial charge in [-0.3, -0.25) is 13.9 Å². The molecule has 1 atom stereocenters. The summed E-state index contributed by atoms with van der Waals surface area (Å²) in [5.41, 5.74) is 1.55. The third-order valence-electron chi connectivity index (χ3n) is 6.12. The molecule has 0 bridgehead atoms. The van der Waals surface area contributed by atoms with Gasteiger partial charge in [0, 0.05) is 23.1 Å². The van der Waals surface area contributed by atoms with Crippen LogP contribution in [0.25, 0.3) is 0 Å². The molecule has 10 heteroatoms. The molecule has 0 aliphatic rings. The molecule has 1 unspecified atom stereocenters. The van der Waals surface area contributed by atoms with Crippen molar-refractivity contribution in [3.8, 4) is 0 Å². The first-order chi connectivity index (χ1) is 18.1. The van der Waals surface area contributed by atoms with Crippen LogP contribution >= 0.6 is 23.2 Å². The Hall–Kier alpha value is -3.07. The van der Waals surface area contributed by atoms with E-state index in [9.17, 15) is 18.0 Å². The summed E-state index contributed by atoms with van der Waals surface area (Å²) in [4.78, 5) is 28.4. The molecule has 0 radical (unpaired) electrons. The fourth-order valence-electron chi connectivity index (χ4n) is 4.10. The lowest BCUT2D eigenvalue weighted by Crippen LogP contribution is -2.52. The van der Waals surface area contributed by atoms with Crippen molar-refractivity contribution in [3.05, 3.63) is 94.0 Å². The summed E-state index contributed by atoms with van der Waals surface area (Å²) in [7, 11) is -4.15. The van der Waals surface area contributed by atoms with Crippen LogP contribution in [0.3, 0.4) is 0 Å². The summed E-state index contributed by atoms with van der Waals surface area (Å²) in [5, 5.41) is 3.69. The van der Waals surface area contributed by atoms with E-state index in [1.165, 1.54) is 17.0 Å². The Morgan fingerprint density at radius 1 is 0.921 bits per heavy atom. The van der Waals surface area contributed by atoms with E-state index in [0.29, 0.717) is 28.6 Å². The molecule has 0 saturated carbocycles. The number of rotatable bonds is 11. The molecule has 202 valence electrons. The second-order valence-electron chi connectivity index (χ2n) is 8.68. The molecule has 0 spiro atoms. The smallest absolute Gasteiger partial charge is 0.264 e. The molecular weight excluding hydrogens is 545 g/mol. The van der Waals surface area contributed by atoms with Gasteiger partial charge >= 0.3 is 0 Å². The van der Waals surface area contributed by atoms with Crippen molar-refractivity contribution in [2.75, 3.05) is 17.4 Å². The summed E-state index contributed by atoms with van der Waals surface area (Å²) < 4.78 is 28.7. The molecule has 3 rings (SSSR count). The van der Waals surface area contributed by atoms with Crippen LogP contribution in [0.1, 0.15) is 31.4 Å². The monoisotopic (exact) mass is 575 g/mol. The van der Waals surface area contributed by atoms with Crippen molar-refractivity contribution < 1.29 is 18.0 Å². The molecular formula is C28H31Cl2N3O4S. The summed E-state index contributed by atoms with van der Waals surface area (Å²) in [6.07, 6.45) is 0.340. The maximum Gasteiger partial charge on any atom is 0.264 e. The topological polar surface area (TPSA) is 86.8 Å². The third-order valence-corrected chi connectivity index (χ3v) is 8.56. The van der Waals surface area contributed by atoms with Crippen molar-refractivity contribution in [3.63, 3.8) is 0 Å². The van der Waals surface area contributed by atoms with E-state index in [2.05, 4.69) is 5.32 Å². The summed E-state index contributed by atoms with van der Waals surface area (Å²) in [6, 6.07) is 18.9. The molecule has 0 aromatic heterocycles. The molecule has 0 saturated heterocycles. The standard InChI is InChI=1S/C28H31Cl2N3O4S/c1-4-25(28(35)31-5-2)32(18-21-14-16-22(29)17-15-21)27(34)19-33(26-13-9-12-24(30)20(26)3)38(36,37)23-10-7-6-8-11-23/h6-17,25H,4-5,18-19H2,1-3H3,(H,31,35). The minimum Gasteiger partial charge on any atom is -0.355 e. The number of nitrogens with zero attached hydrogens (tertiary/aromatic N) is 2. The lowest BCUT2D eigenvalue weighted by Gasteiger charge is -2.33. The van der Waals surface area contributed by atoms with Crippen LogP contribution in [-0.2, 0) is 26.2 Å². The third kappa shape index (κ3) is 6.87. The zero-order chi connectivity index (χ0) is 27.9. The Bertz CT molecular complexity index is 1370. The molecule has 0 fully saturated rings. The van der Waals surface area contributed by atoms with Gasteiger partial charge in [-0.25, -0.2) is 8.42 Å². The van der Waals surface area contributed by atoms with E-state index in [1.807, 2.05) is 6.92 Å². The number of carbonyl (C=O) groups is 2. The first-order valence-corrected chi connectivity index (χ1v) is 14.4. The highest BCUT2D eigenvalue weighted by atomic mass is 35.5. The van der Waals surface area contributed by atoms with Crippen LogP contribution in [0.15, 0.2) is 77.7 Å². The van der Waals surface area contributed by atoms with Crippen LogP contribution < -0.4 is 9.62 Å². The lowest BCUT2D eigenvalue weighted by atomic mass is 10.1. The van der Waals surface area contributed by atoms with Crippen molar-refractivity contribution in [2.24, 2.45) is 0 Å². The number of nitrogens with one attached hydrogen (secondary N) is 1. The number of anilines is 1. The van der Waals surface area contributed by atoms with Crippen LogP contribution in [0.4, 0.5) is 5.69 Å². The molecule has 38 heavy (non-hydrogen) atoms. The number of halogens is 2. The molecule has 3 aromatic rings. The number of likely N-dealkylation sites (N-methyl/N-ethyl adjacent to an activating group) is 1. The first kappa shape index (κ1) is 29.5. The second-order valence-corrected chi connectivity index (χ2v) is 11.4. The van der Waals surface area contributed by atoms with Gasteiger partial charge in [-0.05, 0) is 67.8 Å². The fraction of sp³-hybridized carbons (Fsp3) is 0.286. The Kier molecular flexibility index (Phi) is 10.2. The number of sulfonamides is 1. The molecule has 2 amide bonds. The van der Waals surface area contributed by atoms with E-state index < -0.39 is 28.5 Å². The van der Waals surface area contributed by atoms with Crippen LogP contribution in [0, 0.1) is 6.92 Å². The molecule has 0 aliphatic heterocycles. The van der Waals surface area contributed by atoms with Gasteiger partial charge in [-0.15, -0.1) is 0 Å². The molecule has 1 N–H and O–H groups in total. The number of amides is 2. The largest absolute Gasteiger partial charge is 0.355 e. The minimum atomic E-state index is -4.15. The van der Waals surface area contributed by atoms with Gasteiger partial charge in [0.1, 0.15) is 12.6 Å². The van der Waals surface area contributed by atoms with Gasteiger partial charge in [0.15, 0.2) is 0 Å². The highest BCUT2D eigenvalue weighted by Crippen LogP contribution is 2.31. The van der Waals surface area contributed by atoms with Crippen LogP contribution in [-0.4, -0.2) is 44.3 Å². The summed E-state index contributed by atoms with van der Waals surface area (Å²) in [6.45, 7) is 5.27. The van der Waals surface area contributed by atoms with Gasteiger partial charge in [0.05, 0.1) is 10.6 Å². The Labute approximate surface area is 234 Å². The average Bonchev–Trinajstić information content (AvgIpc) is 2.90.